The summed E-state index contributed by atoms with van der Waals surface area (Å²) in [5.41, 5.74) is 0. The first kappa shape index (κ1) is 9.07. The van der Waals surface area contributed by atoms with Crippen molar-refractivity contribution in [2.75, 3.05) is 0 Å². The lowest BCUT2D eigenvalue weighted by Gasteiger charge is -1.57. The standard InChI is InChI=1S/HNO2.HO2P/c2-1-3;1-3-2/h(H,2,3);(H,1,2)/p-2. The maximum Gasteiger partial charge on any atom is 0.0642 e. The summed E-state index contributed by atoms with van der Waals surface area (Å²) in [6.07, 6.45) is 0. The van der Waals surface area contributed by atoms with Crippen molar-refractivity contribution >= 4 is 8.69 Å². The molecule has 0 aliphatic carbocycles. The lowest BCUT2D eigenvalue weighted by molar-refractivity contribution is -0.154. The molecule has 0 unspecified atom stereocenters. The molecule has 0 aromatic carbocycles. The molecule has 6 heavy (non-hydrogen) atoms. The van der Waals surface area contributed by atoms with E-state index in [1.807, 2.05) is 0 Å². The molecule has 0 saturated carbocycles. The van der Waals surface area contributed by atoms with Crippen LogP contribution in [0.5, 0.6) is 0 Å². The third kappa shape index (κ3) is 71.8. The Kier molecular flexibility index (Phi) is 37.9. The number of hydrogen-bond donors (Lipinski definition) is 0. The maximum atomic E-state index is 8.35. The van der Waals surface area contributed by atoms with Gasteiger partial charge in [-0.3, -0.25) is 4.57 Å². The first-order valence-corrected chi connectivity index (χ1v) is 1.46. The van der Waals surface area contributed by atoms with E-state index >= 15 is 0 Å². The third-order valence-corrected chi connectivity index (χ3v) is 0. The quantitative estimate of drug-likeness (QED) is 0.244. The molecule has 5 nitrogen and oxygen atoms in total. The lowest BCUT2D eigenvalue weighted by Crippen LogP contribution is -1.65. The van der Waals surface area contributed by atoms with Gasteiger partial charge < -0.3 is 15.0 Å². The second-order valence-corrected chi connectivity index (χ2v) is 0.298. The van der Waals surface area contributed by atoms with E-state index < -0.39 is 8.69 Å². The minimum absolute atomic E-state index is 1.00. The van der Waals surface area contributed by atoms with E-state index in [1.165, 1.54) is 0 Å². The predicted octanol–water partition coefficient (Wildman–Crippen LogP) is -0.196. The SMILES string of the molecule is O=N[O-].O=P[O-]. The molecule has 0 rings (SSSR count). The summed E-state index contributed by atoms with van der Waals surface area (Å²) in [6.45, 7) is 0. The van der Waals surface area contributed by atoms with Crippen LogP contribution in [0, 0.1) is 10.1 Å². The lowest BCUT2D eigenvalue weighted by atomic mass is 13.4. The first-order valence-electron chi connectivity index (χ1n) is 0.730. The summed E-state index contributed by atoms with van der Waals surface area (Å²) in [6, 6.07) is 0. The fraction of sp³-hybridized carbons (Fsp3) is 0. The van der Waals surface area contributed by atoms with E-state index in [0.29, 0.717) is 0 Å². The van der Waals surface area contributed by atoms with Crippen LogP contribution in [0.2, 0.25) is 0 Å². The van der Waals surface area contributed by atoms with Gasteiger partial charge in [-0.25, -0.2) is 0 Å². The average Bonchev–Trinajstić information content (AvgIpc) is 1.39. The van der Waals surface area contributed by atoms with Crippen LogP contribution in [0.3, 0.4) is 0 Å². The second-order valence-electron chi connectivity index (χ2n) is 0.149. The largest absolute Gasteiger partial charge is 0.772 e. The molecule has 0 aromatic heterocycles. The molecule has 0 heterocycles. The van der Waals surface area contributed by atoms with Crippen molar-refractivity contribution in [3.8, 4) is 0 Å². The number of hydrogen-bond acceptors (Lipinski definition) is 5. The highest BCUT2D eigenvalue weighted by Gasteiger charge is 1.01. The van der Waals surface area contributed by atoms with Gasteiger partial charge in [-0.15, -0.1) is 5.34 Å². The zero-order valence-electron chi connectivity index (χ0n) is 2.53. The van der Waals surface area contributed by atoms with Crippen LogP contribution in [0.15, 0.2) is 5.34 Å². The topological polar surface area (TPSA) is 92.6 Å². The van der Waals surface area contributed by atoms with Crippen LogP contribution in [0.25, 0.3) is 0 Å². The average molecular weight is 109 g/mol. The molecule has 0 bridgehead atoms. The molecule has 0 spiro atoms. The molecule has 0 aliphatic rings. The van der Waals surface area contributed by atoms with E-state index in [4.69, 9.17) is 19.6 Å². The highest BCUT2D eigenvalue weighted by molar-refractivity contribution is 7.14. The normalized spacial score (nSPS) is 5.50. The summed E-state index contributed by atoms with van der Waals surface area (Å²) in [5.74, 6) is 0. The van der Waals surface area contributed by atoms with E-state index in [1.54, 1.807) is 0 Å². The van der Waals surface area contributed by atoms with Gasteiger partial charge in [0.25, 0.3) is 0 Å². The van der Waals surface area contributed by atoms with Crippen LogP contribution < -0.4 is 4.89 Å². The molecule has 6 heteroatoms. The van der Waals surface area contributed by atoms with Crippen molar-refractivity contribution in [3.63, 3.8) is 0 Å². The Hall–Kier alpha value is -0.540. The van der Waals surface area contributed by atoms with Crippen molar-refractivity contribution in [1.29, 1.82) is 0 Å². The Morgan fingerprint density at radius 3 is 1.67 bits per heavy atom. The Bertz CT molecular complexity index is 28.5. The predicted molar refractivity (Wildman–Crippen MR) is 16.8 cm³/mol. The molecular weight excluding hydrogens is 109 g/mol. The maximum absolute atomic E-state index is 8.35. The van der Waals surface area contributed by atoms with Gasteiger partial charge in [0.2, 0.25) is 0 Å². The Balaban J connectivity index is 0. The molecule has 0 atom stereocenters. The van der Waals surface area contributed by atoms with Gasteiger partial charge in [0, 0.05) is 0 Å². The molecule has 0 saturated heterocycles. The summed E-state index contributed by atoms with van der Waals surface area (Å²) in [4.78, 5) is 16.3. The van der Waals surface area contributed by atoms with Gasteiger partial charge in [-0.2, -0.15) is 0 Å². The molecule has 0 amide bonds. The molecule has 0 aromatic rings. The van der Waals surface area contributed by atoms with Crippen LogP contribution in [0.1, 0.15) is 0 Å². The molecule has 0 fully saturated rings. The van der Waals surface area contributed by atoms with Crippen molar-refractivity contribution in [1.82, 2.24) is 0 Å². The number of nitrogens with zero attached hydrogens (tertiary/aromatic N) is 1. The van der Waals surface area contributed by atoms with E-state index in [9.17, 15) is 0 Å². The summed E-state index contributed by atoms with van der Waals surface area (Å²) in [5, 5.41) is 9.00. The molecule has 36 valence electrons. The van der Waals surface area contributed by atoms with Crippen molar-refractivity contribution in [3.05, 3.63) is 10.1 Å². The van der Waals surface area contributed by atoms with Gasteiger partial charge in [0.05, 0.1) is 8.69 Å². The van der Waals surface area contributed by atoms with Crippen molar-refractivity contribution in [2.45, 2.75) is 0 Å². The zero-order valence-corrected chi connectivity index (χ0v) is 3.42. The van der Waals surface area contributed by atoms with Crippen molar-refractivity contribution < 1.29 is 9.46 Å². The Morgan fingerprint density at radius 1 is 1.67 bits per heavy atom. The minimum Gasteiger partial charge on any atom is -0.772 e. The van der Waals surface area contributed by atoms with E-state index in [2.05, 4.69) is 0 Å². The Labute approximate surface area is 34.8 Å². The van der Waals surface area contributed by atoms with Crippen LogP contribution in [-0.2, 0) is 4.57 Å². The second kappa shape index (κ2) is 25.0. The monoisotopic (exact) mass is 109 g/mol. The summed E-state index contributed by atoms with van der Waals surface area (Å²) in [7, 11) is -1.08. The van der Waals surface area contributed by atoms with Gasteiger partial charge in [0.15, 0.2) is 0 Å². The highest BCUT2D eigenvalue weighted by atomic mass is 31.1. The Morgan fingerprint density at radius 2 is 1.67 bits per heavy atom. The van der Waals surface area contributed by atoms with Crippen molar-refractivity contribution in [2.24, 2.45) is 5.34 Å². The third-order valence-electron chi connectivity index (χ3n) is 0. The number of rotatable bonds is 0. The molecule has 0 radical (unpaired) electrons. The minimum atomic E-state index is -1.08. The van der Waals surface area contributed by atoms with Gasteiger partial charge in [0.1, 0.15) is 0 Å². The summed E-state index contributed by atoms with van der Waals surface area (Å²) < 4.78 is 8.35. The van der Waals surface area contributed by atoms with Crippen LogP contribution >= 0.6 is 8.69 Å². The zero-order chi connectivity index (χ0) is 5.41. The first-order chi connectivity index (χ1) is 2.83. The van der Waals surface area contributed by atoms with Gasteiger partial charge >= 0.3 is 0 Å². The molecule has 0 N–H and O–H groups in total. The molecular formula is NO4P-2. The fourth-order valence-corrected chi connectivity index (χ4v) is 0. The molecule has 0 aliphatic heterocycles. The van der Waals surface area contributed by atoms with Crippen LogP contribution in [0.4, 0.5) is 0 Å². The summed E-state index contributed by atoms with van der Waals surface area (Å²) >= 11 is 0. The fourth-order valence-electron chi connectivity index (χ4n) is 0. The van der Waals surface area contributed by atoms with Crippen LogP contribution in [-0.4, -0.2) is 0 Å². The van der Waals surface area contributed by atoms with Gasteiger partial charge in [-0.05, 0) is 0 Å². The van der Waals surface area contributed by atoms with E-state index in [0.717, 1.165) is 5.34 Å². The smallest absolute Gasteiger partial charge is 0.0642 e. The highest BCUT2D eigenvalue weighted by Crippen LogP contribution is 1.53. The van der Waals surface area contributed by atoms with Gasteiger partial charge in [-0.1, -0.05) is 0 Å². The van der Waals surface area contributed by atoms with E-state index in [-0.39, 0.29) is 0 Å².